The van der Waals surface area contributed by atoms with E-state index in [1.807, 2.05) is 7.05 Å². The van der Waals surface area contributed by atoms with Gasteiger partial charge in [-0.3, -0.25) is 0 Å². The summed E-state index contributed by atoms with van der Waals surface area (Å²) in [6.45, 7) is 3.15. The van der Waals surface area contributed by atoms with Crippen LogP contribution in [0.15, 0.2) is 0 Å². The van der Waals surface area contributed by atoms with E-state index in [1.165, 1.54) is 45.8 Å². The number of methoxy groups -OCH3 is 1. The molecule has 4 heteroatoms. The maximum absolute atomic E-state index is 12.4. The van der Waals surface area contributed by atoms with Crippen molar-refractivity contribution in [2.24, 2.45) is 17.8 Å². The zero-order valence-corrected chi connectivity index (χ0v) is 13.6. The van der Waals surface area contributed by atoms with Gasteiger partial charge in [-0.25, -0.2) is 4.79 Å². The summed E-state index contributed by atoms with van der Waals surface area (Å²) < 4.78 is 5.13. The van der Waals surface area contributed by atoms with Crippen LogP contribution in [-0.4, -0.2) is 50.2 Å². The number of nitrogens with one attached hydrogen (secondary N) is 1. The first-order valence-corrected chi connectivity index (χ1v) is 8.69. The molecule has 0 aromatic carbocycles. The molecule has 3 fully saturated rings. The highest BCUT2D eigenvalue weighted by Crippen LogP contribution is 2.42. The number of nitrogens with zero attached hydrogens (tertiary/aromatic N) is 1. The summed E-state index contributed by atoms with van der Waals surface area (Å²) in [5.74, 6) is 2.19. The van der Waals surface area contributed by atoms with Crippen molar-refractivity contribution in [1.82, 2.24) is 10.2 Å². The van der Waals surface area contributed by atoms with Crippen molar-refractivity contribution in [3.8, 4) is 0 Å². The van der Waals surface area contributed by atoms with Crippen LogP contribution in [0.25, 0.3) is 0 Å². The van der Waals surface area contributed by atoms with Crippen molar-refractivity contribution in [2.75, 3.05) is 33.8 Å². The molecule has 4 nitrogen and oxygen atoms in total. The van der Waals surface area contributed by atoms with Crippen molar-refractivity contribution in [3.05, 3.63) is 0 Å². The maximum atomic E-state index is 12.4. The minimum absolute atomic E-state index is 0.0710. The predicted octanol–water partition coefficient (Wildman–Crippen LogP) is 2.04. The van der Waals surface area contributed by atoms with E-state index in [0.717, 1.165) is 37.8 Å². The van der Waals surface area contributed by atoms with Crippen LogP contribution in [0.1, 0.15) is 44.9 Å². The van der Waals surface area contributed by atoms with Gasteiger partial charge < -0.3 is 15.0 Å². The molecule has 3 unspecified atom stereocenters. The fourth-order valence-corrected chi connectivity index (χ4v) is 4.68. The van der Waals surface area contributed by atoms with Crippen molar-refractivity contribution >= 4 is 5.97 Å². The van der Waals surface area contributed by atoms with Gasteiger partial charge in [0.1, 0.15) is 5.54 Å². The third-order valence-electron chi connectivity index (χ3n) is 6.12. The number of piperidine rings is 1. The quantitative estimate of drug-likeness (QED) is 0.788. The van der Waals surface area contributed by atoms with E-state index in [1.54, 1.807) is 0 Å². The normalized spacial score (nSPS) is 33.0. The van der Waals surface area contributed by atoms with Gasteiger partial charge in [0.25, 0.3) is 0 Å². The highest BCUT2D eigenvalue weighted by atomic mass is 16.5. The van der Waals surface area contributed by atoms with Crippen LogP contribution < -0.4 is 5.32 Å². The van der Waals surface area contributed by atoms with Crippen LogP contribution in [0.2, 0.25) is 0 Å². The molecule has 2 aliphatic carbocycles. The number of fused-ring (bicyclic) bond motifs is 1. The Labute approximate surface area is 128 Å². The number of hydrogen-bond donors (Lipinski definition) is 1. The summed E-state index contributed by atoms with van der Waals surface area (Å²) in [6.07, 6.45) is 9.24. The van der Waals surface area contributed by atoms with Crippen molar-refractivity contribution in [1.29, 1.82) is 0 Å². The molecule has 120 valence electrons. The molecule has 0 bridgehead atoms. The van der Waals surface area contributed by atoms with E-state index in [2.05, 4.69) is 10.2 Å². The first kappa shape index (κ1) is 15.3. The van der Waals surface area contributed by atoms with Crippen LogP contribution >= 0.6 is 0 Å². The lowest BCUT2D eigenvalue weighted by molar-refractivity contribution is -0.151. The zero-order chi connectivity index (χ0) is 14.9. The third kappa shape index (κ3) is 2.98. The van der Waals surface area contributed by atoms with Crippen LogP contribution in [0.5, 0.6) is 0 Å². The van der Waals surface area contributed by atoms with Crippen LogP contribution in [-0.2, 0) is 9.53 Å². The number of esters is 1. The van der Waals surface area contributed by atoms with Gasteiger partial charge >= 0.3 is 5.97 Å². The van der Waals surface area contributed by atoms with Crippen LogP contribution in [0, 0.1) is 17.8 Å². The minimum Gasteiger partial charge on any atom is -0.468 e. The molecular formula is C17H30N2O2. The average molecular weight is 294 g/mol. The Kier molecular flexibility index (Phi) is 4.55. The standard InChI is InChI=1S/C17H30N2O2/c1-18-17(15-7-8-15,16(20)21-2)12-19-10-9-13-5-3-4-6-14(13)11-19/h13-15,18H,3-12H2,1-2H3. The van der Waals surface area contributed by atoms with E-state index in [0.29, 0.717) is 5.92 Å². The Morgan fingerprint density at radius 2 is 1.90 bits per heavy atom. The summed E-state index contributed by atoms with van der Waals surface area (Å²) in [7, 11) is 3.44. The second-order valence-corrected chi connectivity index (χ2v) is 7.32. The minimum atomic E-state index is -0.476. The maximum Gasteiger partial charge on any atom is 0.327 e. The first-order chi connectivity index (χ1) is 10.2. The molecule has 0 amide bonds. The Balaban J connectivity index is 1.67. The largest absolute Gasteiger partial charge is 0.468 e. The number of likely N-dealkylation sites (tertiary alicyclic amines) is 1. The number of ether oxygens (including phenoxy) is 1. The summed E-state index contributed by atoms with van der Waals surface area (Å²) in [4.78, 5) is 14.9. The molecule has 3 rings (SSSR count). The van der Waals surface area contributed by atoms with Gasteiger partial charge in [-0.05, 0) is 57.0 Å². The molecule has 3 aliphatic rings. The lowest BCUT2D eigenvalue weighted by Gasteiger charge is -2.44. The predicted molar refractivity (Wildman–Crippen MR) is 83.0 cm³/mol. The molecule has 0 aromatic rings. The van der Waals surface area contributed by atoms with Crippen molar-refractivity contribution in [2.45, 2.75) is 50.5 Å². The second-order valence-electron chi connectivity index (χ2n) is 7.32. The van der Waals surface area contributed by atoms with E-state index in [4.69, 9.17) is 4.74 Å². The van der Waals surface area contributed by atoms with E-state index in [9.17, 15) is 4.79 Å². The van der Waals surface area contributed by atoms with Gasteiger partial charge in [0.05, 0.1) is 7.11 Å². The summed E-state index contributed by atoms with van der Waals surface area (Å²) >= 11 is 0. The highest BCUT2D eigenvalue weighted by Gasteiger charge is 2.52. The van der Waals surface area contributed by atoms with E-state index in [-0.39, 0.29) is 5.97 Å². The van der Waals surface area contributed by atoms with Gasteiger partial charge in [0, 0.05) is 13.1 Å². The average Bonchev–Trinajstić information content (AvgIpc) is 3.37. The fourth-order valence-electron chi connectivity index (χ4n) is 4.68. The van der Waals surface area contributed by atoms with Gasteiger partial charge in [-0.1, -0.05) is 19.3 Å². The van der Waals surface area contributed by atoms with Gasteiger partial charge in [0.15, 0.2) is 0 Å². The van der Waals surface area contributed by atoms with Gasteiger partial charge in [-0.15, -0.1) is 0 Å². The lowest BCUT2D eigenvalue weighted by atomic mass is 9.74. The van der Waals surface area contributed by atoms with Gasteiger partial charge in [0.2, 0.25) is 0 Å². The number of likely N-dealkylation sites (N-methyl/N-ethyl adjacent to an activating group) is 1. The Hall–Kier alpha value is -0.610. The zero-order valence-electron chi connectivity index (χ0n) is 13.6. The van der Waals surface area contributed by atoms with E-state index < -0.39 is 5.54 Å². The Morgan fingerprint density at radius 3 is 2.52 bits per heavy atom. The summed E-state index contributed by atoms with van der Waals surface area (Å²) in [6, 6.07) is 0. The molecule has 1 aliphatic heterocycles. The number of hydrogen-bond acceptors (Lipinski definition) is 4. The molecule has 0 spiro atoms. The smallest absolute Gasteiger partial charge is 0.327 e. The van der Waals surface area contributed by atoms with Crippen LogP contribution in [0.3, 0.4) is 0 Å². The summed E-state index contributed by atoms with van der Waals surface area (Å²) in [5.41, 5.74) is -0.476. The number of rotatable bonds is 5. The lowest BCUT2D eigenvalue weighted by Crippen LogP contribution is -2.61. The molecule has 0 radical (unpaired) electrons. The molecule has 1 heterocycles. The molecule has 2 saturated carbocycles. The molecule has 3 atom stereocenters. The van der Waals surface area contributed by atoms with Gasteiger partial charge in [-0.2, -0.15) is 0 Å². The SMILES string of the molecule is CNC(CN1CCC2CCCCC2C1)(C(=O)OC)C1CC1. The first-order valence-electron chi connectivity index (χ1n) is 8.69. The molecule has 21 heavy (non-hydrogen) atoms. The second kappa shape index (κ2) is 6.25. The van der Waals surface area contributed by atoms with Crippen LogP contribution in [0.4, 0.5) is 0 Å². The highest BCUT2D eigenvalue weighted by molar-refractivity contribution is 5.82. The molecule has 1 N–H and O–H groups in total. The Morgan fingerprint density at radius 1 is 1.19 bits per heavy atom. The monoisotopic (exact) mass is 294 g/mol. The summed E-state index contributed by atoms with van der Waals surface area (Å²) in [5, 5.41) is 3.33. The fraction of sp³-hybridized carbons (Fsp3) is 0.941. The molecular weight excluding hydrogens is 264 g/mol. The number of carbonyl (C=O) groups excluding carboxylic acids is 1. The van der Waals surface area contributed by atoms with Crippen molar-refractivity contribution in [3.63, 3.8) is 0 Å². The van der Waals surface area contributed by atoms with E-state index >= 15 is 0 Å². The Bertz CT molecular complexity index is 383. The topological polar surface area (TPSA) is 41.6 Å². The number of carbonyl (C=O) groups is 1. The van der Waals surface area contributed by atoms with Crippen molar-refractivity contribution < 1.29 is 9.53 Å². The molecule has 1 saturated heterocycles. The third-order valence-corrected chi connectivity index (χ3v) is 6.12. The molecule has 0 aromatic heterocycles.